The lowest BCUT2D eigenvalue weighted by molar-refractivity contribution is 0.0998. The molecule has 5 heteroatoms. The number of benzene rings is 2. The van der Waals surface area contributed by atoms with E-state index in [0.29, 0.717) is 10.4 Å². The summed E-state index contributed by atoms with van der Waals surface area (Å²) in [5.41, 5.74) is 2.57. The van der Waals surface area contributed by atoms with E-state index in [0.717, 1.165) is 28.7 Å². The first-order chi connectivity index (χ1) is 11.1. The van der Waals surface area contributed by atoms with Crippen molar-refractivity contribution in [1.82, 2.24) is 4.57 Å². The Morgan fingerprint density at radius 2 is 1.96 bits per heavy atom. The number of halogens is 1. The van der Waals surface area contributed by atoms with Gasteiger partial charge in [0, 0.05) is 12.1 Å². The van der Waals surface area contributed by atoms with E-state index < -0.39 is 0 Å². The summed E-state index contributed by atoms with van der Waals surface area (Å²) in [7, 11) is 0. The topological polar surface area (TPSA) is 34.4 Å². The molecule has 0 aliphatic rings. The fourth-order valence-electron chi connectivity index (χ4n) is 2.42. The molecule has 0 atom stereocenters. The van der Waals surface area contributed by atoms with Crippen molar-refractivity contribution in [3.63, 3.8) is 0 Å². The number of carbonyl (C=O) groups excluding carboxylic acids is 1. The van der Waals surface area contributed by atoms with Crippen molar-refractivity contribution in [3.05, 3.63) is 64.2 Å². The van der Waals surface area contributed by atoms with Crippen LogP contribution in [0.4, 0.5) is 4.39 Å². The van der Waals surface area contributed by atoms with Gasteiger partial charge in [-0.15, -0.1) is 0 Å². The summed E-state index contributed by atoms with van der Waals surface area (Å²) >= 11 is 1.34. The smallest absolute Gasteiger partial charge is 0.279 e. The Labute approximate surface area is 137 Å². The van der Waals surface area contributed by atoms with Gasteiger partial charge in [0.25, 0.3) is 5.91 Å². The van der Waals surface area contributed by atoms with Crippen molar-refractivity contribution in [2.75, 3.05) is 0 Å². The second-order valence-electron chi connectivity index (χ2n) is 5.43. The Kier molecular flexibility index (Phi) is 4.39. The van der Waals surface area contributed by atoms with E-state index in [-0.39, 0.29) is 11.7 Å². The van der Waals surface area contributed by atoms with Crippen LogP contribution in [0.25, 0.3) is 10.2 Å². The molecule has 0 unspecified atom stereocenters. The van der Waals surface area contributed by atoms with Crippen LogP contribution in [0.15, 0.2) is 47.5 Å². The molecule has 0 aliphatic heterocycles. The maximum atomic E-state index is 13.4. The molecule has 1 amide bonds. The number of nitrogens with zero attached hydrogens (tertiary/aromatic N) is 2. The molecule has 0 saturated heterocycles. The monoisotopic (exact) mass is 328 g/mol. The number of thiazole rings is 1. The Hall–Kier alpha value is -2.27. The average molecular weight is 328 g/mol. The minimum absolute atomic E-state index is 0.276. The van der Waals surface area contributed by atoms with Crippen molar-refractivity contribution >= 4 is 27.5 Å². The summed E-state index contributed by atoms with van der Waals surface area (Å²) in [6.07, 6.45) is 0.912. The summed E-state index contributed by atoms with van der Waals surface area (Å²) in [4.78, 5) is 17.3. The van der Waals surface area contributed by atoms with E-state index in [2.05, 4.69) is 11.9 Å². The zero-order chi connectivity index (χ0) is 16.4. The summed E-state index contributed by atoms with van der Waals surface area (Å²) < 4.78 is 16.2. The van der Waals surface area contributed by atoms with Crippen LogP contribution in [-0.2, 0) is 6.54 Å². The zero-order valence-corrected chi connectivity index (χ0v) is 13.9. The first kappa shape index (κ1) is 15.6. The molecule has 3 nitrogen and oxygen atoms in total. The van der Waals surface area contributed by atoms with Crippen LogP contribution in [0, 0.1) is 12.7 Å². The molecule has 0 N–H and O–H groups in total. The lowest BCUT2D eigenvalue weighted by Gasteiger charge is -2.02. The minimum atomic E-state index is -0.279. The lowest BCUT2D eigenvalue weighted by Crippen LogP contribution is -2.16. The Balaban J connectivity index is 2.12. The predicted octanol–water partition coefficient (Wildman–Crippen LogP) is 4.30. The molecule has 118 valence electrons. The van der Waals surface area contributed by atoms with Crippen LogP contribution in [0.1, 0.15) is 29.3 Å². The van der Waals surface area contributed by atoms with Crippen molar-refractivity contribution < 1.29 is 9.18 Å². The summed E-state index contributed by atoms with van der Waals surface area (Å²) in [6.45, 7) is 4.78. The van der Waals surface area contributed by atoms with Gasteiger partial charge in [-0.25, -0.2) is 4.39 Å². The van der Waals surface area contributed by atoms with Gasteiger partial charge in [-0.3, -0.25) is 4.79 Å². The molecule has 0 fully saturated rings. The van der Waals surface area contributed by atoms with Gasteiger partial charge in [0.05, 0.1) is 10.2 Å². The highest BCUT2D eigenvalue weighted by Gasteiger charge is 2.09. The molecule has 1 aromatic heterocycles. The summed E-state index contributed by atoms with van der Waals surface area (Å²) in [6, 6.07) is 12.0. The highest BCUT2D eigenvalue weighted by Crippen LogP contribution is 2.19. The highest BCUT2D eigenvalue weighted by atomic mass is 32.1. The fraction of sp³-hybridized carbons (Fsp3) is 0.222. The number of hydrogen-bond acceptors (Lipinski definition) is 2. The molecule has 0 bridgehead atoms. The molecular formula is C18H17FN2OS. The predicted molar refractivity (Wildman–Crippen MR) is 91.1 cm³/mol. The largest absolute Gasteiger partial charge is 0.316 e. The molecule has 0 radical (unpaired) electrons. The van der Waals surface area contributed by atoms with E-state index in [1.807, 2.05) is 23.6 Å². The molecule has 1 heterocycles. The molecule has 2 aromatic carbocycles. The molecule has 0 aliphatic carbocycles. The zero-order valence-electron chi connectivity index (χ0n) is 13.0. The van der Waals surface area contributed by atoms with Gasteiger partial charge in [-0.1, -0.05) is 36.0 Å². The molecule has 3 rings (SSSR count). The summed E-state index contributed by atoms with van der Waals surface area (Å²) in [5.74, 6) is -0.555. The van der Waals surface area contributed by atoms with E-state index in [1.54, 1.807) is 18.2 Å². The van der Waals surface area contributed by atoms with E-state index in [1.165, 1.54) is 23.5 Å². The van der Waals surface area contributed by atoms with Gasteiger partial charge < -0.3 is 4.57 Å². The molecule has 0 saturated carbocycles. The summed E-state index contributed by atoms with van der Waals surface area (Å²) in [5, 5.41) is 0. The second-order valence-corrected chi connectivity index (χ2v) is 6.44. The third-order valence-corrected chi connectivity index (χ3v) is 4.63. The van der Waals surface area contributed by atoms with Crippen LogP contribution < -0.4 is 4.80 Å². The van der Waals surface area contributed by atoms with E-state index in [9.17, 15) is 9.18 Å². The van der Waals surface area contributed by atoms with Crippen LogP contribution in [-0.4, -0.2) is 10.5 Å². The second kappa shape index (κ2) is 6.46. The van der Waals surface area contributed by atoms with Crippen LogP contribution in [0.5, 0.6) is 0 Å². The standard InChI is InChI=1S/C18H17FN2OS/c1-3-10-21-15-9-8-14(19)11-16(15)23-18(21)20-17(22)13-6-4-12(2)5-7-13/h4-9,11H,3,10H2,1-2H3. The average Bonchev–Trinajstić information content (AvgIpc) is 2.85. The van der Waals surface area contributed by atoms with Crippen molar-refractivity contribution in [2.24, 2.45) is 4.99 Å². The first-order valence-electron chi connectivity index (χ1n) is 7.53. The van der Waals surface area contributed by atoms with E-state index in [4.69, 9.17) is 0 Å². The van der Waals surface area contributed by atoms with Gasteiger partial charge in [0.1, 0.15) is 5.82 Å². The molecular weight excluding hydrogens is 311 g/mol. The lowest BCUT2D eigenvalue weighted by atomic mass is 10.1. The Morgan fingerprint density at radius 3 is 2.65 bits per heavy atom. The van der Waals surface area contributed by atoms with Crippen LogP contribution >= 0.6 is 11.3 Å². The van der Waals surface area contributed by atoms with Gasteiger partial charge in [-0.05, 0) is 43.7 Å². The quantitative estimate of drug-likeness (QED) is 0.706. The molecule has 23 heavy (non-hydrogen) atoms. The van der Waals surface area contributed by atoms with Crippen molar-refractivity contribution in [3.8, 4) is 0 Å². The number of amides is 1. The number of hydrogen-bond donors (Lipinski definition) is 0. The van der Waals surface area contributed by atoms with Crippen molar-refractivity contribution in [1.29, 1.82) is 0 Å². The third kappa shape index (κ3) is 3.24. The first-order valence-corrected chi connectivity index (χ1v) is 8.35. The minimum Gasteiger partial charge on any atom is -0.316 e. The third-order valence-electron chi connectivity index (χ3n) is 3.59. The number of aromatic nitrogens is 1. The number of rotatable bonds is 3. The number of fused-ring (bicyclic) bond motifs is 1. The van der Waals surface area contributed by atoms with Crippen LogP contribution in [0.2, 0.25) is 0 Å². The normalized spacial score (nSPS) is 12.0. The van der Waals surface area contributed by atoms with Gasteiger partial charge >= 0.3 is 0 Å². The van der Waals surface area contributed by atoms with E-state index >= 15 is 0 Å². The maximum Gasteiger partial charge on any atom is 0.279 e. The number of carbonyl (C=O) groups is 1. The maximum absolute atomic E-state index is 13.4. The van der Waals surface area contributed by atoms with Crippen LogP contribution in [0.3, 0.4) is 0 Å². The Bertz CT molecular complexity index is 922. The van der Waals surface area contributed by atoms with Gasteiger partial charge in [0.2, 0.25) is 0 Å². The number of aryl methyl sites for hydroxylation is 2. The molecule has 0 spiro atoms. The Morgan fingerprint density at radius 1 is 1.22 bits per heavy atom. The molecule has 3 aromatic rings. The van der Waals surface area contributed by atoms with Crippen molar-refractivity contribution in [2.45, 2.75) is 26.8 Å². The van der Waals surface area contributed by atoms with Gasteiger partial charge in [0.15, 0.2) is 4.80 Å². The SMILES string of the molecule is CCCn1c(=NC(=O)c2ccc(C)cc2)sc2cc(F)ccc21. The fourth-order valence-corrected chi connectivity index (χ4v) is 3.50. The highest BCUT2D eigenvalue weighted by molar-refractivity contribution is 7.16. The van der Waals surface area contributed by atoms with Gasteiger partial charge in [-0.2, -0.15) is 4.99 Å².